The molecule has 0 aliphatic rings. The molecule has 5 rings (SSSR count). The molecule has 0 saturated carbocycles. The number of hydrogen-bond acceptors (Lipinski definition) is 4. The van der Waals surface area contributed by atoms with Crippen LogP contribution in [0.5, 0.6) is 17.2 Å². The van der Waals surface area contributed by atoms with Crippen LogP contribution < -0.4 is 24.0 Å². The molecule has 5 aromatic rings. The molecule has 0 N–H and O–H groups in total. The van der Waals surface area contributed by atoms with Gasteiger partial charge in [0.05, 0.1) is 5.56 Å². The van der Waals surface area contributed by atoms with Crippen LogP contribution in [0, 0.1) is 0 Å². The Hall–Kier alpha value is -4.10. The summed E-state index contributed by atoms with van der Waals surface area (Å²) in [4.78, 5) is 0. The topological polar surface area (TPSA) is 36.9 Å². The molecule has 0 amide bonds. The normalized spacial score (nSPS) is 12.9. The Labute approximate surface area is 276 Å². The number of rotatable bonds is 13. The summed E-state index contributed by atoms with van der Waals surface area (Å²) < 4.78 is 25.8. The largest absolute Gasteiger partial charge is 0.440 e. The molecule has 0 heterocycles. The second-order valence-corrected chi connectivity index (χ2v) is 12.8. The zero-order valence-corrected chi connectivity index (χ0v) is 29.2. The molecular formula is C40H42O4P2. The summed E-state index contributed by atoms with van der Waals surface area (Å²) in [6.07, 6.45) is 2.97. The van der Waals surface area contributed by atoms with E-state index in [-0.39, 0.29) is 18.1 Å². The van der Waals surface area contributed by atoms with Crippen molar-refractivity contribution in [1.82, 2.24) is 0 Å². The van der Waals surface area contributed by atoms with Crippen molar-refractivity contribution in [3.8, 4) is 17.2 Å². The van der Waals surface area contributed by atoms with E-state index in [0.29, 0.717) is 23.3 Å². The lowest BCUT2D eigenvalue weighted by Gasteiger charge is -2.19. The molecule has 0 spiro atoms. The van der Waals surface area contributed by atoms with Crippen LogP contribution in [0.1, 0.15) is 69.6 Å². The second-order valence-electron chi connectivity index (χ2n) is 11.7. The Morgan fingerprint density at radius 1 is 0.652 bits per heavy atom. The molecule has 0 aliphatic carbocycles. The zero-order valence-electron chi connectivity index (χ0n) is 27.2. The maximum atomic E-state index is 6.73. The maximum Gasteiger partial charge on any atom is 0.275 e. The maximum absolute atomic E-state index is 6.73. The molecule has 0 fully saturated rings. The Bertz CT molecular complexity index is 1930. The van der Waals surface area contributed by atoms with E-state index < -0.39 is 0 Å². The summed E-state index contributed by atoms with van der Waals surface area (Å²) in [5, 5.41) is 4.04. The Kier molecular flexibility index (Phi) is 11.5. The van der Waals surface area contributed by atoms with E-state index in [9.17, 15) is 0 Å². The summed E-state index contributed by atoms with van der Waals surface area (Å²) in [6.45, 7) is 15.0. The third-order valence-electron chi connectivity index (χ3n) is 7.82. The minimum atomic E-state index is -0.293. The fourth-order valence-electron chi connectivity index (χ4n) is 5.28. The van der Waals surface area contributed by atoms with Gasteiger partial charge in [-0.3, -0.25) is 0 Å². The molecule has 6 heteroatoms. The van der Waals surface area contributed by atoms with Gasteiger partial charge >= 0.3 is 0 Å². The lowest BCUT2D eigenvalue weighted by molar-refractivity contribution is 0.478. The van der Waals surface area contributed by atoms with Crippen LogP contribution in [0.15, 0.2) is 121 Å². The molecule has 5 aromatic carbocycles. The van der Waals surface area contributed by atoms with Crippen LogP contribution in [-0.2, 0) is 4.52 Å². The third kappa shape index (κ3) is 8.00. The van der Waals surface area contributed by atoms with E-state index in [1.807, 2.05) is 66.7 Å². The first kappa shape index (κ1) is 33.3. The lowest BCUT2D eigenvalue weighted by Crippen LogP contribution is -2.27. The molecule has 2 atom stereocenters. The van der Waals surface area contributed by atoms with Crippen molar-refractivity contribution in [3.63, 3.8) is 0 Å². The SMILES string of the molecule is C=C(/C=c1/cccc/c1=C(/OPOc1ccccc1C(C)C)c1c(OPOc2ccccc2C(C)C)ccc2ccccc12)CC. The van der Waals surface area contributed by atoms with Gasteiger partial charge in [0.15, 0.2) is 0 Å². The van der Waals surface area contributed by atoms with Crippen LogP contribution in [0.2, 0.25) is 0 Å². The van der Waals surface area contributed by atoms with Crippen molar-refractivity contribution < 1.29 is 18.1 Å². The van der Waals surface area contributed by atoms with E-state index in [1.165, 1.54) is 0 Å². The van der Waals surface area contributed by atoms with Gasteiger partial charge in [0.1, 0.15) is 23.0 Å². The summed E-state index contributed by atoms with van der Waals surface area (Å²) in [5.41, 5.74) is 4.17. The van der Waals surface area contributed by atoms with E-state index in [4.69, 9.17) is 18.1 Å². The highest BCUT2D eigenvalue weighted by atomic mass is 31.1. The van der Waals surface area contributed by atoms with Gasteiger partial charge < -0.3 is 18.1 Å². The van der Waals surface area contributed by atoms with Crippen LogP contribution >= 0.6 is 18.1 Å². The van der Waals surface area contributed by atoms with Crippen LogP contribution in [0.3, 0.4) is 0 Å². The molecule has 0 bridgehead atoms. The lowest BCUT2D eigenvalue weighted by atomic mass is 10.00. The Morgan fingerprint density at radius 3 is 1.89 bits per heavy atom. The van der Waals surface area contributed by atoms with E-state index in [1.54, 1.807) is 0 Å². The first-order valence-corrected chi connectivity index (χ1v) is 17.4. The fraction of sp³-hybridized carbons (Fsp3) is 0.200. The number of para-hydroxylation sites is 2. The Balaban J connectivity index is 1.62. The van der Waals surface area contributed by atoms with Gasteiger partial charge in [-0.15, -0.1) is 0 Å². The average Bonchev–Trinajstić information content (AvgIpc) is 3.07. The van der Waals surface area contributed by atoms with E-state index in [2.05, 4.69) is 89.7 Å². The number of fused-ring (bicyclic) bond motifs is 1. The smallest absolute Gasteiger partial charge is 0.275 e. The highest BCUT2D eigenvalue weighted by Crippen LogP contribution is 2.40. The first-order chi connectivity index (χ1) is 22.4. The van der Waals surface area contributed by atoms with Crippen molar-refractivity contribution in [3.05, 3.63) is 148 Å². The summed E-state index contributed by atoms with van der Waals surface area (Å²) in [7, 11) is -0.550. The molecule has 2 unspecified atom stereocenters. The number of allylic oxidation sites excluding steroid dienone is 1. The van der Waals surface area contributed by atoms with Crippen LogP contribution in [-0.4, -0.2) is 0 Å². The third-order valence-corrected chi connectivity index (χ3v) is 9.01. The van der Waals surface area contributed by atoms with Gasteiger partial charge in [-0.05, 0) is 63.6 Å². The first-order valence-electron chi connectivity index (χ1n) is 15.7. The molecular weight excluding hydrogens is 606 g/mol. The number of benzene rings is 5. The van der Waals surface area contributed by atoms with Crippen molar-refractivity contribution in [1.29, 1.82) is 0 Å². The zero-order chi connectivity index (χ0) is 32.5. The highest BCUT2D eigenvalue weighted by molar-refractivity contribution is 7.27. The van der Waals surface area contributed by atoms with Crippen LogP contribution in [0.4, 0.5) is 0 Å². The van der Waals surface area contributed by atoms with E-state index >= 15 is 0 Å². The van der Waals surface area contributed by atoms with Gasteiger partial charge in [0, 0.05) is 5.22 Å². The van der Waals surface area contributed by atoms with Crippen molar-refractivity contribution in [2.24, 2.45) is 0 Å². The predicted molar refractivity (Wildman–Crippen MR) is 197 cm³/mol. The highest BCUT2D eigenvalue weighted by Gasteiger charge is 2.19. The fourth-order valence-corrected chi connectivity index (χ4v) is 6.47. The summed E-state index contributed by atoms with van der Waals surface area (Å²) in [5.74, 6) is 3.65. The number of hydrogen-bond donors (Lipinski definition) is 0. The second kappa shape index (κ2) is 15.9. The van der Waals surface area contributed by atoms with Gasteiger partial charge in [-0.1, -0.05) is 144 Å². The molecule has 0 radical (unpaired) electrons. The van der Waals surface area contributed by atoms with Gasteiger partial charge in [-0.25, -0.2) is 0 Å². The molecule has 0 aromatic heterocycles. The quantitative estimate of drug-likeness (QED) is 0.119. The van der Waals surface area contributed by atoms with Crippen molar-refractivity contribution in [2.45, 2.75) is 52.9 Å². The Morgan fingerprint density at radius 2 is 1.22 bits per heavy atom. The monoisotopic (exact) mass is 648 g/mol. The minimum absolute atomic E-state index is 0.257. The van der Waals surface area contributed by atoms with Gasteiger partial charge in [-0.2, -0.15) is 0 Å². The summed E-state index contributed by atoms with van der Waals surface area (Å²) in [6, 6.07) is 36.9. The summed E-state index contributed by atoms with van der Waals surface area (Å²) >= 11 is 0. The molecule has 0 aliphatic heterocycles. The van der Waals surface area contributed by atoms with Gasteiger partial charge in [0.25, 0.3) is 18.1 Å². The molecule has 236 valence electrons. The van der Waals surface area contributed by atoms with Gasteiger partial charge in [0.2, 0.25) is 0 Å². The standard InChI is InChI=1S/C40H42O4P2/c1-7-29(6)26-31-17-9-11-21-35(31)40(44-46-42-37-23-15-13-19-33(37)28(4)5)39-34-20-10-8-16-30(34)24-25-38(39)43-45-41-36-22-14-12-18-32(36)27(2)3/h8-28,45-46H,6-7H2,1-5H3/b31-26-,40-35-. The van der Waals surface area contributed by atoms with Crippen molar-refractivity contribution in [2.75, 3.05) is 0 Å². The predicted octanol–water partition coefficient (Wildman–Crippen LogP) is 10.6. The van der Waals surface area contributed by atoms with E-state index in [0.717, 1.165) is 61.4 Å². The minimum Gasteiger partial charge on any atom is -0.440 e. The molecule has 0 saturated heterocycles. The van der Waals surface area contributed by atoms with Crippen molar-refractivity contribution >= 4 is 40.7 Å². The molecule has 4 nitrogen and oxygen atoms in total. The molecule has 46 heavy (non-hydrogen) atoms. The average molecular weight is 649 g/mol. The van der Waals surface area contributed by atoms with Crippen LogP contribution in [0.25, 0.3) is 22.6 Å².